The second-order valence-corrected chi connectivity index (χ2v) is 11.1. The molecule has 0 aliphatic carbocycles. The SMILES string of the molecule is CCCS(=O)(=O)N[C@@H](CCCCCC(C)=O)C(=O)NCCc1c(-c2ccccc2)[nH]c2ccccc12. The average molecular weight is 512 g/mol. The molecule has 1 atom stereocenters. The molecule has 3 aromatic rings. The Morgan fingerprint density at radius 2 is 1.69 bits per heavy atom. The number of ketones is 1. The Morgan fingerprint density at radius 3 is 2.42 bits per heavy atom. The van der Waals surface area contributed by atoms with E-state index in [1.54, 1.807) is 13.8 Å². The molecule has 3 N–H and O–H groups in total. The summed E-state index contributed by atoms with van der Waals surface area (Å²) in [5.41, 5.74) is 4.25. The molecule has 1 aromatic heterocycles. The number of nitrogens with one attached hydrogen (secondary N) is 3. The van der Waals surface area contributed by atoms with Gasteiger partial charge in [-0.2, -0.15) is 0 Å². The number of fused-ring (bicyclic) bond motifs is 1. The van der Waals surface area contributed by atoms with Crippen LogP contribution in [0.5, 0.6) is 0 Å². The minimum absolute atomic E-state index is 0.0170. The molecular formula is C28H37N3O4S. The van der Waals surface area contributed by atoms with E-state index in [1.807, 2.05) is 36.4 Å². The second kappa shape index (κ2) is 13.4. The number of aromatic nitrogens is 1. The Bertz CT molecular complexity index is 1250. The quantitative estimate of drug-likeness (QED) is 0.256. The summed E-state index contributed by atoms with van der Waals surface area (Å²) < 4.78 is 27.4. The number of carbonyl (C=O) groups is 2. The van der Waals surface area contributed by atoms with E-state index >= 15 is 0 Å². The zero-order valence-electron chi connectivity index (χ0n) is 21.2. The van der Waals surface area contributed by atoms with E-state index in [1.165, 1.54) is 0 Å². The third kappa shape index (κ3) is 8.03. The van der Waals surface area contributed by atoms with Gasteiger partial charge in [-0.3, -0.25) is 4.79 Å². The highest BCUT2D eigenvalue weighted by atomic mass is 32.2. The van der Waals surface area contributed by atoms with Crippen LogP contribution < -0.4 is 10.0 Å². The van der Waals surface area contributed by atoms with Gasteiger partial charge in [-0.1, -0.05) is 68.3 Å². The first-order chi connectivity index (χ1) is 17.3. The smallest absolute Gasteiger partial charge is 0.238 e. The van der Waals surface area contributed by atoms with Crippen LogP contribution in [0.25, 0.3) is 22.2 Å². The molecule has 0 unspecified atom stereocenters. The van der Waals surface area contributed by atoms with Gasteiger partial charge in [0, 0.05) is 29.6 Å². The Kier molecular flexibility index (Phi) is 10.3. The molecule has 3 rings (SSSR count). The summed E-state index contributed by atoms with van der Waals surface area (Å²) in [6.07, 6.45) is 4.17. The number of unbranched alkanes of at least 4 members (excludes halogenated alkanes) is 2. The highest BCUT2D eigenvalue weighted by molar-refractivity contribution is 7.89. The third-order valence-corrected chi connectivity index (χ3v) is 7.77. The van der Waals surface area contributed by atoms with Crippen molar-refractivity contribution in [2.75, 3.05) is 12.3 Å². The molecule has 1 amide bonds. The van der Waals surface area contributed by atoms with Crippen LogP contribution in [0.1, 0.15) is 57.9 Å². The number of aromatic amines is 1. The normalized spacial score (nSPS) is 12.5. The maximum absolute atomic E-state index is 13.0. The van der Waals surface area contributed by atoms with Crippen molar-refractivity contribution in [3.05, 3.63) is 60.2 Å². The van der Waals surface area contributed by atoms with Crippen molar-refractivity contribution in [3.8, 4) is 11.3 Å². The van der Waals surface area contributed by atoms with Crippen molar-refractivity contribution in [3.63, 3.8) is 0 Å². The summed E-state index contributed by atoms with van der Waals surface area (Å²) in [4.78, 5) is 27.7. The van der Waals surface area contributed by atoms with E-state index in [-0.39, 0.29) is 17.4 Å². The third-order valence-electron chi connectivity index (χ3n) is 6.18. The Labute approximate surface area is 214 Å². The lowest BCUT2D eigenvalue weighted by molar-refractivity contribution is -0.123. The van der Waals surface area contributed by atoms with Gasteiger partial charge in [0.1, 0.15) is 11.8 Å². The number of amides is 1. The number of rotatable bonds is 15. The lowest BCUT2D eigenvalue weighted by atomic mass is 10.0. The molecular weight excluding hydrogens is 474 g/mol. The molecule has 0 saturated heterocycles. The highest BCUT2D eigenvalue weighted by Gasteiger charge is 2.24. The van der Waals surface area contributed by atoms with E-state index in [9.17, 15) is 18.0 Å². The zero-order chi connectivity index (χ0) is 26.0. The van der Waals surface area contributed by atoms with Crippen LogP contribution in [0.2, 0.25) is 0 Å². The van der Waals surface area contributed by atoms with Crippen LogP contribution in [0, 0.1) is 0 Å². The summed E-state index contributed by atoms with van der Waals surface area (Å²) in [6, 6.07) is 17.3. The van der Waals surface area contributed by atoms with E-state index in [4.69, 9.17) is 0 Å². The molecule has 1 heterocycles. The number of H-pyrrole nitrogens is 1. The van der Waals surface area contributed by atoms with Gasteiger partial charge in [-0.25, -0.2) is 13.1 Å². The molecule has 0 aliphatic rings. The summed E-state index contributed by atoms with van der Waals surface area (Å²) in [7, 11) is -3.54. The predicted molar refractivity (Wildman–Crippen MR) is 145 cm³/mol. The van der Waals surface area contributed by atoms with Gasteiger partial charge in [-0.15, -0.1) is 0 Å². The van der Waals surface area contributed by atoms with Crippen molar-refractivity contribution in [1.82, 2.24) is 15.0 Å². The predicted octanol–water partition coefficient (Wildman–Crippen LogP) is 4.73. The van der Waals surface area contributed by atoms with Crippen molar-refractivity contribution in [1.29, 1.82) is 0 Å². The molecule has 0 saturated carbocycles. The minimum Gasteiger partial charge on any atom is -0.354 e. The van der Waals surface area contributed by atoms with Gasteiger partial charge in [0.05, 0.1) is 5.75 Å². The molecule has 8 heteroatoms. The maximum Gasteiger partial charge on any atom is 0.238 e. The minimum atomic E-state index is -3.54. The summed E-state index contributed by atoms with van der Waals surface area (Å²) in [5, 5.41) is 4.06. The first kappa shape index (κ1) is 27.6. The standard InChI is InChI=1S/C28H37N3O4S/c1-3-20-36(34,35)31-26(17-9-4-6-12-21(2)32)28(33)29-19-18-24-23-15-10-11-16-25(23)30-27(24)22-13-7-5-8-14-22/h5,7-8,10-11,13-16,26,30-31H,3-4,6,9,12,17-20H2,1-2H3,(H,29,33)/t26-/m0/s1. The Hall–Kier alpha value is -2.97. The van der Waals surface area contributed by atoms with E-state index < -0.39 is 16.1 Å². The number of carbonyl (C=O) groups excluding carboxylic acids is 2. The van der Waals surface area contributed by atoms with Crippen molar-refractivity contribution >= 4 is 32.6 Å². The zero-order valence-corrected chi connectivity index (χ0v) is 22.0. The number of sulfonamides is 1. The van der Waals surface area contributed by atoms with Crippen molar-refractivity contribution in [2.45, 2.75) is 64.8 Å². The number of Topliss-reactive ketones (excluding diaryl/α,β-unsaturated/α-hetero) is 1. The average Bonchev–Trinajstić information content (AvgIpc) is 3.22. The van der Waals surface area contributed by atoms with Crippen molar-refractivity contribution in [2.24, 2.45) is 0 Å². The number of hydrogen-bond acceptors (Lipinski definition) is 4. The maximum atomic E-state index is 13.0. The molecule has 0 radical (unpaired) electrons. The molecule has 0 bridgehead atoms. The molecule has 0 fully saturated rings. The molecule has 36 heavy (non-hydrogen) atoms. The number of para-hydroxylation sites is 1. The lowest BCUT2D eigenvalue weighted by Gasteiger charge is -2.18. The van der Waals surface area contributed by atoms with Gasteiger partial charge in [0.25, 0.3) is 0 Å². The van der Waals surface area contributed by atoms with E-state index in [2.05, 4.69) is 33.2 Å². The van der Waals surface area contributed by atoms with Crippen LogP contribution in [-0.2, 0) is 26.0 Å². The first-order valence-corrected chi connectivity index (χ1v) is 14.4. The highest BCUT2D eigenvalue weighted by Crippen LogP contribution is 2.30. The van der Waals surface area contributed by atoms with Crippen LogP contribution >= 0.6 is 0 Å². The van der Waals surface area contributed by atoms with Crippen LogP contribution in [-0.4, -0.2) is 43.4 Å². The summed E-state index contributed by atoms with van der Waals surface area (Å²) in [6.45, 7) is 3.74. The second-order valence-electron chi connectivity index (χ2n) is 9.22. The fraction of sp³-hybridized carbons (Fsp3) is 0.429. The van der Waals surface area contributed by atoms with Gasteiger partial charge in [-0.05, 0) is 49.8 Å². The fourth-order valence-electron chi connectivity index (χ4n) is 4.43. The molecule has 194 valence electrons. The van der Waals surface area contributed by atoms with Crippen LogP contribution in [0.3, 0.4) is 0 Å². The lowest BCUT2D eigenvalue weighted by Crippen LogP contribution is -2.47. The molecule has 7 nitrogen and oxygen atoms in total. The monoisotopic (exact) mass is 511 g/mol. The topological polar surface area (TPSA) is 108 Å². The van der Waals surface area contributed by atoms with E-state index in [0.717, 1.165) is 40.6 Å². The molecule has 0 aliphatic heterocycles. The first-order valence-electron chi connectivity index (χ1n) is 12.7. The van der Waals surface area contributed by atoms with Crippen molar-refractivity contribution < 1.29 is 18.0 Å². The van der Waals surface area contributed by atoms with Crippen LogP contribution in [0.15, 0.2) is 54.6 Å². The van der Waals surface area contributed by atoms with Gasteiger partial charge in [0.2, 0.25) is 15.9 Å². The molecule has 0 spiro atoms. The van der Waals surface area contributed by atoms with Gasteiger partial charge >= 0.3 is 0 Å². The van der Waals surface area contributed by atoms with E-state index in [0.29, 0.717) is 38.6 Å². The number of hydrogen-bond donors (Lipinski definition) is 3. The summed E-state index contributed by atoms with van der Waals surface area (Å²) in [5.74, 6) is -0.195. The Balaban J connectivity index is 1.68. The number of benzene rings is 2. The fourth-order valence-corrected chi connectivity index (χ4v) is 5.75. The Morgan fingerprint density at radius 1 is 0.972 bits per heavy atom. The molecule has 2 aromatic carbocycles. The van der Waals surface area contributed by atoms with Crippen LogP contribution in [0.4, 0.5) is 0 Å². The van der Waals surface area contributed by atoms with Gasteiger partial charge < -0.3 is 15.1 Å². The summed E-state index contributed by atoms with van der Waals surface area (Å²) >= 11 is 0. The van der Waals surface area contributed by atoms with Gasteiger partial charge in [0.15, 0.2) is 0 Å². The largest absolute Gasteiger partial charge is 0.354 e.